The Morgan fingerprint density at radius 2 is 1.93 bits per heavy atom. The molecule has 4 aliphatic rings. The molecule has 1 N–H and O–H groups in total. The summed E-state index contributed by atoms with van der Waals surface area (Å²) in [4.78, 5) is 19.6. The van der Waals surface area contributed by atoms with E-state index < -0.39 is 0 Å². The Morgan fingerprint density at radius 3 is 2.64 bits per heavy atom. The number of carbonyl (C=O) groups is 1. The molecule has 160 valence electrons. The predicted octanol–water partition coefficient (Wildman–Crippen LogP) is 2.68. The minimum atomic E-state index is -0.217. The number of nitrogens with one attached hydrogen (secondary N) is 1. The fourth-order valence-electron chi connectivity index (χ4n) is 5.78. The van der Waals surface area contributed by atoms with E-state index >= 15 is 0 Å². The van der Waals surface area contributed by atoms with Crippen molar-refractivity contribution in [3.05, 3.63) is 0 Å². The van der Waals surface area contributed by atoms with E-state index in [2.05, 4.69) is 22.2 Å². The van der Waals surface area contributed by atoms with Gasteiger partial charge in [-0.2, -0.15) is 0 Å². The first kappa shape index (κ1) is 20.4. The van der Waals surface area contributed by atoms with Crippen LogP contribution in [-0.2, 0) is 4.74 Å². The van der Waals surface area contributed by atoms with Gasteiger partial charge in [-0.25, -0.2) is 4.79 Å². The molecule has 0 aromatic carbocycles. The Bertz CT molecular complexity index is 509. The van der Waals surface area contributed by atoms with Crippen LogP contribution in [0.1, 0.15) is 64.2 Å². The van der Waals surface area contributed by atoms with E-state index in [9.17, 15) is 4.79 Å². The fourth-order valence-corrected chi connectivity index (χ4v) is 5.78. The van der Waals surface area contributed by atoms with Crippen molar-refractivity contribution in [2.45, 2.75) is 81.9 Å². The summed E-state index contributed by atoms with van der Waals surface area (Å²) < 4.78 is 5.94. The quantitative estimate of drug-likeness (QED) is 0.753. The molecule has 0 aromatic rings. The zero-order valence-electron chi connectivity index (χ0n) is 17.8. The number of rotatable bonds is 6. The third-order valence-electron chi connectivity index (χ3n) is 7.67. The minimum absolute atomic E-state index is 0.0758. The minimum Gasteiger partial charge on any atom is -0.441 e. The highest BCUT2D eigenvalue weighted by Crippen LogP contribution is 2.34. The summed E-state index contributed by atoms with van der Waals surface area (Å²) in [6, 6.07) is 1.43. The van der Waals surface area contributed by atoms with Crippen molar-refractivity contribution in [2.24, 2.45) is 0 Å². The van der Waals surface area contributed by atoms with Crippen molar-refractivity contribution in [1.29, 1.82) is 0 Å². The number of hydrogen-bond donors (Lipinski definition) is 1. The first-order valence-electron chi connectivity index (χ1n) is 11.8. The molecule has 0 aromatic heterocycles. The lowest BCUT2D eigenvalue weighted by Crippen LogP contribution is -2.53. The van der Waals surface area contributed by atoms with E-state index in [0.717, 1.165) is 71.1 Å². The molecule has 4 fully saturated rings. The molecule has 1 aliphatic carbocycles. The molecule has 0 unspecified atom stereocenters. The molecule has 1 amide bonds. The van der Waals surface area contributed by atoms with Gasteiger partial charge in [0, 0.05) is 51.1 Å². The number of ether oxygens (including phenoxy) is 1. The number of nitrogens with zero attached hydrogens (tertiary/aromatic N) is 3. The average Bonchev–Trinajstić information content (AvgIpc) is 3.04. The van der Waals surface area contributed by atoms with Gasteiger partial charge in [0.25, 0.3) is 0 Å². The van der Waals surface area contributed by atoms with Gasteiger partial charge < -0.3 is 19.9 Å². The van der Waals surface area contributed by atoms with Gasteiger partial charge in [-0.3, -0.25) is 4.90 Å². The zero-order chi connectivity index (χ0) is 19.4. The molecule has 6 nitrogen and oxygen atoms in total. The van der Waals surface area contributed by atoms with Crippen LogP contribution in [0.25, 0.3) is 0 Å². The average molecular weight is 393 g/mol. The predicted molar refractivity (Wildman–Crippen MR) is 112 cm³/mol. The Morgan fingerprint density at radius 1 is 1.14 bits per heavy atom. The van der Waals surface area contributed by atoms with Gasteiger partial charge in [-0.1, -0.05) is 19.3 Å². The van der Waals surface area contributed by atoms with Crippen molar-refractivity contribution >= 4 is 6.09 Å². The maximum Gasteiger partial charge on any atom is 0.410 e. The van der Waals surface area contributed by atoms with Crippen LogP contribution in [0.15, 0.2) is 0 Å². The Kier molecular flexibility index (Phi) is 6.79. The summed E-state index contributed by atoms with van der Waals surface area (Å²) in [5.41, 5.74) is -0.217. The molecule has 1 saturated carbocycles. The highest BCUT2D eigenvalue weighted by atomic mass is 16.6. The summed E-state index contributed by atoms with van der Waals surface area (Å²) in [6.45, 7) is 7.15. The first-order chi connectivity index (χ1) is 13.7. The van der Waals surface area contributed by atoms with Gasteiger partial charge in [0.15, 0.2) is 0 Å². The molecule has 3 heterocycles. The number of carbonyl (C=O) groups excluding carboxylic acids is 1. The highest BCUT2D eigenvalue weighted by Gasteiger charge is 2.47. The van der Waals surface area contributed by atoms with Crippen LogP contribution in [0.4, 0.5) is 4.79 Å². The molecule has 0 bridgehead atoms. The second-order valence-corrected chi connectivity index (χ2v) is 9.63. The van der Waals surface area contributed by atoms with Crippen LogP contribution in [-0.4, -0.2) is 91.3 Å². The van der Waals surface area contributed by atoms with Crippen molar-refractivity contribution in [1.82, 2.24) is 20.0 Å². The lowest BCUT2D eigenvalue weighted by molar-refractivity contribution is -0.0127. The summed E-state index contributed by atoms with van der Waals surface area (Å²) in [5.74, 6) is 0. The number of amides is 1. The van der Waals surface area contributed by atoms with Crippen LogP contribution in [0.2, 0.25) is 0 Å². The molecule has 4 rings (SSSR count). The van der Waals surface area contributed by atoms with E-state index in [0.29, 0.717) is 6.04 Å². The lowest BCUT2D eigenvalue weighted by Gasteiger charge is -2.42. The van der Waals surface area contributed by atoms with E-state index in [4.69, 9.17) is 4.74 Å². The Balaban J connectivity index is 1.19. The smallest absolute Gasteiger partial charge is 0.410 e. The van der Waals surface area contributed by atoms with Gasteiger partial charge in [-0.05, 0) is 52.2 Å². The molecule has 28 heavy (non-hydrogen) atoms. The highest BCUT2D eigenvalue weighted by molar-refractivity contribution is 5.70. The SMILES string of the molecule is CN(CCCN1CC2(CCN([C@H]3CCCNC3)CC2)OC1=O)C1CCCCC1. The van der Waals surface area contributed by atoms with Gasteiger partial charge >= 0.3 is 6.09 Å². The second kappa shape index (κ2) is 9.31. The number of hydrogen-bond acceptors (Lipinski definition) is 5. The van der Waals surface area contributed by atoms with Crippen molar-refractivity contribution in [3.8, 4) is 0 Å². The molecular weight excluding hydrogens is 352 g/mol. The third-order valence-corrected chi connectivity index (χ3v) is 7.67. The summed E-state index contributed by atoms with van der Waals surface area (Å²) in [7, 11) is 2.26. The van der Waals surface area contributed by atoms with E-state index in [1.165, 1.54) is 44.9 Å². The number of likely N-dealkylation sites (tertiary alicyclic amines) is 1. The van der Waals surface area contributed by atoms with Crippen LogP contribution in [0.5, 0.6) is 0 Å². The van der Waals surface area contributed by atoms with Gasteiger partial charge in [0.1, 0.15) is 5.60 Å². The standard InChI is InChI=1S/C22H40N4O2/c1-24(19-7-3-2-4-8-19)13-6-14-26-18-22(28-21(26)27)10-15-25(16-11-22)20-9-5-12-23-17-20/h19-20,23H,2-18H2,1H3/t20-/m0/s1. The normalized spacial score (nSPS) is 29.6. The molecule has 3 saturated heterocycles. The first-order valence-corrected chi connectivity index (χ1v) is 11.8. The van der Waals surface area contributed by atoms with Gasteiger partial charge in [0.05, 0.1) is 6.54 Å². The largest absolute Gasteiger partial charge is 0.441 e. The molecule has 0 radical (unpaired) electrons. The monoisotopic (exact) mass is 392 g/mol. The fraction of sp³-hybridized carbons (Fsp3) is 0.955. The maximum atomic E-state index is 12.5. The summed E-state index contributed by atoms with van der Waals surface area (Å²) in [5, 5.41) is 3.52. The van der Waals surface area contributed by atoms with Crippen molar-refractivity contribution in [2.75, 3.05) is 52.9 Å². The van der Waals surface area contributed by atoms with Crippen molar-refractivity contribution in [3.63, 3.8) is 0 Å². The van der Waals surface area contributed by atoms with Gasteiger partial charge in [0.2, 0.25) is 0 Å². The van der Waals surface area contributed by atoms with E-state index in [1.54, 1.807) is 0 Å². The van der Waals surface area contributed by atoms with Crippen LogP contribution < -0.4 is 5.32 Å². The zero-order valence-corrected chi connectivity index (χ0v) is 17.8. The molecule has 3 aliphatic heterocycles. The molecule has 1 atom stereocenters. The lowest BCUT2D eigenvalue weighted by atomic mass is 9.89. The van der Waals surface area contributed by atoms with E-state index in [1.807, 2.05) is 4.90 Å². The number of piperidine rings is 2. The molecular formula is C22H40N4O2. The summed E-state index contributed by atoms with van der Waals surface area (Å²) >= 11 is 0. The van der Waals surface area contributed by atoms with Crippen LogP contribution in [0.3, 0.4) is 0 Å². The van der Waals surface area contributed by atoms with Crippen LogP contribution >= 0.6 is 0 Å². The topological polar surface area (TPSA) is 48.0 Å². The molecule has 1 spiro atoms. The third kappa shape index (κ3) is 4.82. The Labute approximate surface area is 170 Å². The second-order valence-electron chi connectivity index (χ2n) is 9.63. The van der Waals surface area contributed by atoms with Gasteiger partial charge in [-0.15, -0.1) is 0 Å². The molecule has 6 heteroatoms. The van der Waals surface area contributed by atoms with E-state index in [-0.39, 0.29) is 11.7 Å². The maximum absolute atomic E-state index is 12.5. The van der Waals surface area contributed by atoms with Crippen molar-refractivity contribution < 1.29 is 9.53 Å². The summed E-state index contributed by atoms with van der Waals surface area (Å²) in [6.07, 6.45) is 12.4. The Hall–Kier alpha value is -0.850. The van der Waals surface area contributed by atoms with Crippen LogP contribution in [0, 0.1) is 0 Å².